The van der Waals surface area contributed by atoms with Crippen LogP contribution in [0.15, 0.2) is 0 Å². The van der Waals surface area contributed by atoms with Crippen LogP contribution in [0.25, 0.3) is 0 Å². The standard InChI is InChI=1S/4C14H22O7.Ti/c4*1-7(2)20-11(13(18)19)12(17)14(9(5)15,10(6)16)21-8(3)4;/h4*7-8,11H,1-6H3,(H,18,19);/q;;;;+4/p-4. The number of rotatable bonds is 36. The Labute approximate surface area is 510 Å². The zero-order valence-corrected chi connectivity index (χ0v) is 54.4. The molecule has 0 aromatic rings. The summed E-state index contributed by atoms with van der Waals surface area (Å²) in [5.41, 5.74) is -9.97. The maximum absolute atomic E-state index is 12.4. The van der Waals surface area contributed by atoms with E-state index >= 15 is 0 Å². The summed E-state index contributed by atoms with van der Waals surface area (Å²) < 4.78 is 40.7. The monoisotopic (exact) mass is 1250 g/mol. The Hall–Kier alpha value is -5.69. The Morgan fingerprint density at radius 2 is 0.341 bits per heavy atom. The molecule has 0 radical (unpaired) electrons. The molecule has 0 aliphatic heterocycles. The first-order valence-electron chi connectivity index (χ1n) is 26.3. The van der Waals surface area contributed by atoms with Gasteiger partial charge >= 0.3 is 21.7 Å². The van der Waals surface area contributed by atoms with Crippen molar-refractivity contribution in [2.45, 2.75) is 262 Å². The molecule has 4 unspecified atom stereocenters. The molecule has 4 atom stereocenters. The fraction of sp³-hybridized carbons (Fsp3) is 0.714. The van der Waals surface area contributed by atoms with Crippen LogP contribution in [0.3, 0.4) is 0 Å². The minimum Gasteiger partial charge on any atom is -0.547 e. The van der Waals surface area contributed by atoms with E-state index in [1.165, 1.54) is 111 Å². The van der Waals surface area contributed by atoms with Gasteiger partial charge in [0.1, 0.15) is 0 Å². The van der Waals surface area contributed by atoms with Gasteiger partial charge in [0.05, 0.1) is 72.7 Å². The summed E-state index contributed by atoms with van der Waals surface area (Å²) in [6.07, 6.45) is -13.3. The average Bonchev–Trinajstić information content (AvgIpc) is 3.30. The van der Waals surface area contributed by atoms with E-state index in [1.54, 1.807) is 0 Å². The van der Waals surface area contributed by atoms with Crippen molar-refractivity contribution in [1.29, 1.82) is 0 Å². The Kier molecular flexibility index (Phi) is 39.9. The number of carbonyl (C=O) groups excluding carboxylic acids is 16. The third-order valence-corrected chi connectivity index (χ3v) is 10.4. The van der Waals surface area contributed by atoms with E-state index in [2.05, 4.69) is 0 Å². The second-order valence-electron chi connectivity index (χ2n) is 20.8. The maximum Gasteiger partial charge on any atom is 4.00 e. The van der Waals surface area contributed by atoms with Gasteiger partial charge in [0.25, 0.3) is 0 Å². The van der Waals surface area contributed by atoms with Gasteiger partial charge in [-0.3, -0.25) is 57.5 Å². The van der Waals surface area contributed by atoms with Gasteiger partial charge in [0.2, 0.25) is 45.5 Å². The van der Waals surface area contributed by atoms with Crippen LogP contribution in [0.1, 0.15) is 166 Å². The fourth-order valence-corrected chi connectivity index (χ4v) is 7.41. The molecule has 0 aliphatic rings. The number of carboxylic acids is 4. The van der Waals surface area contributed by atoms with Crippen molar-refractivity contribution in [2.75, 3.05) is 0 Å². The van der Waals surface area contributed by atoms with Gasteiger partial charge in [-0.25, -0.2) is 0 Å². The normalized spacial score (nSPS) is 13.2. The van der Waals surface area contributed by atoms with Crippen LogP contribution in [-0.2, 0) is 136 Å². The Bertz CT molecular complexity index is 2030. The minimum absolute atomic E-state index is 0. The predicted molar refractivity (Wildman–Crippen MR) is 281 cm³/mol. The van der Waals surface area contributed by atoms with E-state index in [-0.39, 0.29) is 21.7 Å². The summed E-state index contributed by atoms with van der Waals surface area (Å²) >= 11 is 0. The molecule has 0 aromatic carbocycles. The van der Waals surface area contributed by atoms with Crippen molar-refractivity contribution < 1.29 is 157 Å². The molecule has 29 heteroatoms. The first-order chi connectivity index (χ1) is 37.8. The zero-order valence-electron chi connectivity index (χ0n) is 52.9. The Balaban J connectivity index is -0.000000333. The summed E-state index contributed by atoms with van der Waals surface area (Å²) in [5, 5.41) is 44.5. The van der Waals surface area contributed by atoms with E-state index in [0.29, 0.717) is 0 Å². The third-order valence-electron chi connectivity index (χ3n) is 10.4. The smallest absolute Gasteiger partial charge is 0.547 e. The molecule has 0 amide bonds. The quantitative estimate of drug-likeness (QED) is 0.0473. The van der Waals surface area contributed by atoms with Gasteiger partial charge in [-0.1, -0.05) is 0 Å². The van der Waals surface area contributed by atoms with E-state index in [1.807, 2.05) is 0 Å². The van der Waals surface area contributed by atoms with Gasteiger partial charge in [-0.15, -0.1) is 0 Å². The van der Waals surface area contributed by atoms with E-state index < -0.39 is 189 Å². The number of hydrogen-bond donors (Lipinski definition) is 0. The van der Waals surface area contributed by atoms with Crippen LogP contribution in [0, 0.1) is 0 Å². The topological polar surface area (TPSA) is 439 Å². The van der Waals surface area contributed by atoms with Gasteiger partial charge in [-0.05, 0) is 166 Å². The van der Waals surface area contributed by atoms with E-state index in [9.17, 15) is 97.1 Å². The molecule has 0 N–H and O–H groups in total. The van der Waals surface area contributed by atoms with E-state index in [4.69, 9.17) is 37.9 Å². The van der Waals surface area contributed by atoms with Crippen LogP contribution in [-0.4, -0.2) is 189 Å². The number of ether oxygens (including phenoxy) is 8. The third kappa shape index (κ3) is 25.3. The van der Waals surface area contributed by atoms with Crippen molar-refractivity contribution in [3.63, 3.8) is 0 Å². The SMILES string of the molecule is CC(=O)C(OC(C)C)(C(C)=O)C(=O)C(OC(C)C)C(=O)[O-].CC(=O)C(OC(C)C)(C(C)=O)C(=O)C(OC(C)C)C(=O)[O-].CC(=O)C(OC(C)C)(C(C)=O)C(=O)C(OC(C)C)C(=O)[O-].CC(=O)C(OC(C)C)(C(C)=O)C(=O)C(OC(C)C)C(=O)[O-].[Ti+4]. The molecule has 0 spiro atoms. The molecule has 0 aromatic heterocycles. The zero-order chi connectivity index (χ0) is 67.8. The summed E-state index contributed by atoms with van der Waals surface area (Å²) in [6, 6.07) is 0. The molecule has 0 aliphatic carbocycles. The number of carboxylic acid groups (broad SMARTS) is 4. The van der Waals surface area contributed by atoms with Crippen LogP contribution in [0.4, 0.5) is 0 Å². The molecule has 0 heterocycles. The molecule has 480 valence electrons. The first-order valence-corrected chi connectivity index (χ1v) is 26.3. The average molecular weight is 1250 g/mol. The van der Waals surface area contributed by atoms with Crippen LogP contribution >= 0.6 is 0 Å². The van der Waals surface area contributed by atoms with Crippen molar-refractivity contribution in [3.8, 4) is 0 Å². The van der Waals surface area contributed by atoms with Gasteiger partial charge in [-0.2, -0.15) is 0 Å². The maximum atomic E-state index is 12.4. The number of carbonyl (C=O) groups is 16. The van der Waals surface area contributed by atoms with E-state index in [0.717, 1.165) is 55.4 Å². The number of aliphatic carboxylic acids is 4. The van der Waals surface area contributed by atoms with Crippen molar-refractivity contribution in [1.82, 2.24) is 0 Å². The van der Waals surface area contributed by atoms with Crippen LogP contribution < -0.4 is 20.4 Å². The summed E-state index contributed by atoms with van der Waals surface area (Å²) in [6.45, 7) is 32.1. The van der Waals surface area contributed by atoms with Crippen molar-refractivity contribution in [3.05, 3.63) is 0 Å². The molecule has 28 nitrogen and oxygen atoms in total. The number of ketones is 12. The summed E-state index contributed by atoms with van der Waals surface area (Å²) in [4.78, 5) is 189. The largest absolute Gasteiger partial charge is 4.00 e. The molecular weight excluding hydrogens is 1170 g/mol. The minimum atomic E-state index is -2.49. The number of Topliss-reactive ketones (excluding diaryl/α,β-unsaturated/α-hetero) is 12. The van der Waals surface area contributed by atoms with Gasteiger partial charge in [0, 0.05) is 0 Å². The van der Waals surface area contributed by atoms with Gasteiger partial charge in [0.15, 0.2) is 70.7 Å². The molecule has 0 saturated heterocycles. The van der Waals surface area contributed by atoms with Gasteiger partial charge < -0.3 is 77.5 Å². The summed E-state index contributed by atoms with van der Waals surface area (Å²) in [7, 11) is 0. The van der Waals surface area contributed by atoms with Crippen molar-refractivity contribution >= 4 is 93.3 Å². The Morgan fingerprint density at radius 3 is 0.400 bits per heavy atom. The van der Waals surface area contributed by atoms with Crippen LogP contribution in [0.2, 0.25) is 0 Å². The fourth-order valence-electron chi connectivity index (χ4n) is 7.41. The second kappa shape index (κ2) is 38.5. The number of hydrogen-bond acceptors (Lipinski definition) is 28. The molecule has 0 fully saturated rings. The molecule has 0 rings (SSSR count). The van der Waals surface area contributed by atoms with Crippen LogP contribution in [0.5, 0.6) is 0 Å². The Morgan fingerprint density at radius 1 is 0.235 bits per heavy atom. The predicted octanol–water partition coefficient (Wildman–Crippen LogP) is -2.24. The van der Waals surface area contributed by atoms with Crippen molar-refractivity contribution in [2.24, 2.45) is 0 Å². The molecular formula is C56H84O28Ti. The molecule has 85 heavy (non-hydrogen) atoms. The molecule has 0 bridgehead atoms. The first kappa shape index (κ1) is 88.1. The molecule has 0 saturated carbocycles. The summed E-state index contributed by atoms with van der Waals surface area (Å²) in [5.74, 6) is -19.6. The second-order valence-corrected chi connectivity index (χ2v) is 20.8.